The van der Waals surface area contributed by atoms with Crippen molar-refractivity contribution in [2.75, 3.05) is 6.58 Å². The predicted molar refractivity (Wildman–Crippen MR) is 56.5 cm³/mol. The highest BCUT2D eigenvalue weighted by molar-refractivity contribution is 8.00. The Balaban J connectivity index is 2.73. The average Bonchev–Trinajstić information content (AvgIpc) is 2.18. The number of aliphatic hydroxyl groups is 4. The number of ether oxygens (including phenoxy) is 1. The molecule has 2 unspecified atom stereocenters. The van der Waals surface area contributed by atoms with Gasteiger partial charge in [0.05, 0.1) is 7.95 Å². The lowest BCUT2D eigenvalue weighted by Crippen LogP contribution is -2.57. The van der Waals surface area contributed by atoms with Crippen LogP contribution in [-0.4, -0.2) is 62.1 Å². The van der Waals surface area contributed by atoms with Crippen molar-refractivity contribution in [2.45, 2.75) is 48.9 Å². The summed E-state index contributed by atoms with van der Waals surface area (Å²) in [6, 6.07) is 0. The lowest BCUT2D eigenvalue weighted by atomic mass is 10.0. The highest BCUT2D eigenvalue weighted by Crippen LogP contribution is 2.30. The minimum absolute atomic E-state index is 0.158. The van der Waals surface area contributed by atoms with Gasteiger partial charge in [0.25, 0.3) is 0 Å². The summed E-state index contributed by atoms with van der Waals surface area (Å²) in [6.07, 6.45) is -5.28. The Morgan fingerprint density at radius 3 is 2.33 bits per heavy atom. The van der Waals surface area contributed by atoms with E-state index >= 15 is 0 Å². The first kappa shape index (κ1) is 11.6. The second-order valence-electron chi connectivity index (χ2n) is 3.77. The van der Waals surface area contributed by atoms with Crippen molar-refractivity contribution in [3.05, 3.63) is 0 Å². The Morgan fingerprint density at radius 1 is 1.27 bits per heavy atom. The predicted octanol–water partition coefficient (Wildman–Crippen LogP) is -1.07. The Labute approximate surface area is 94.5 Å². The van der Waals surface area contributed by atoms with E-state index in [1.807, 2.05) is 13.8 Å². The second-order valence-corrected chi connectivity index (χ2v) is 5.45. The second kappa shape index (κ2) is 5.47. The van der Waals surface area contributed by atoms with E-state index in [1.165, 1.54) is 11.8 Å². The molecule has 1 rings (SSSR count). The molecular formula is C9H18O5S. The van der Waals surface area contributed by atoms with Crippen LogP contribution < -0.4 is 0 Å². The fourth-order valence-corrected chi connectivity index (χ4v) is 2.43. The Morgan fingerprint density at radius 2 is 1.87 bits per heavy atom. The zero-order valence-electron chi connectivity index (χ0n) is 9.65. The molecule has 90 valence electrons. The maximum Gasteiger partial charge on any atom is 0.132 e. The molecule has 1 saturated heterocycles. The van der Waals surface area contributed by atoms with Gasteiger partial charge in [0.15, 0.2) is 0 Å². The van der Waals surface area contributed by atoms with Crippen LogP contribution in [0.1, 0.15) is 15.2 Å². The highest BCUT2D eigenvalue weighted by atomic mass is 32.2. The van der Waals surface area contributed by atoms with Crippen molar-refractivity contribution < 1.29 is 26.5 Å². The molecule has 1 aliphatic rings. The third-order valence-corrected chi connectivity index (χ3v) is 3.36. The van der Waals surface area contributed by atoms with Gasteiger partial charge in [-0.15, -0.1) is 11.8 Å². The van der Waals surface area contributed by atoms with Crippen LogP contribution in [0.2, 0.25) is 0 Å². The summed E-state index contributed by atoms with van der Waals surface area (Å²) in [7, 11) is 0. The molecule has 0 radical (unpaired) electrons. The highest BCUT2D eigenvalue weighted by Gasteiger charge is 2.43. The molecule has 15 heavy (non-hydrogen) atoms. The molecule has 1 aliphatic heterocycles. The van der Waals surface area contributed by atoms with Crippen LogP contribution in [0.3, 0.4) is 0 Å². The Kier molecular flexibility index (Phi) is 4.24. The fourth-order valence-electron chi connectivity index (χ4n) is 1.38. The number of hydrogen-bond donors (Lipinski definition) is 4. The minimum atomic E-state index is -1.65. The molecule has 0 spiro atoms. The first-order chi connectivity index (χ1) is 7.34. The van der Waals surface area contributed by atoms with Crippen molar-refractivity contribution >= 4 is 11.8 Å². The summed E-state index contributed by atoms with van der Waals surface area (Å²) in [5, 5.41) is 38.0. The summed E-state index contributed by atoms with van der Waals surface area (Å²) < 4.78 is 12.3. The first-order valence-corrected chi connectivity index (χ1v) is 5.74. The molecule has 1 fully saturated rings. The molecule has 0 saturated carbocycles. The van der Waals surface area contributed by atoms with Crippen LogP contribution in [0, 0.1) is 0 Å². The molecule has 6 heteroatoms. The van der Waals surface area contributed by atoms with Gasteiger partial charge < -0.3 is 25.2 Å². The molecule has 4 N–H and O–H groups in total. The van der Waals surface area contributed by atoms with Crippen LogP contribution in [0.15, 0.2) is 0 Å². The zero-order valence-corrected chi connectivity index (χ0v) is 9.46. The van der Waals surface area contributed by atoms with E-state index in [0.717, 1.165) is 0 Å². The van der Waals surface area contributed by atoms with E-state index in [4.69, 9.17) is 11.2 Å². The van der Waals surface area contributed by atoms with Crippen LogP contribution >= 0.6 is 11.8 Å². The van der Waals surface area contributed by atoms with E-state index in [1.54, 1.807) is 0 Å². The summed E-state index contributed by atoms with van der Waals surface area (Å²) >= 11 is 1.27. The third-order valence-electron chi connectivity index (χ3n) is 2.16. The SMILES string of the molecule is [2H]C(O)[C@H]1OC(SC(C)C)[C@H](O)[C@@H](O)[C@H]1O. The van der Waals surface area contributed by atoms with E-state index in [-0.39, 0.29) is 5.25 Å². The molecular weight excluding hydrogens is 220 g/mol. The topological polar surface area (TPSA) is 90.2 Å². The number of rotatable bonds is 3. The monoisotopic (exact) mass is 239 g/mol. The fraction of sp³-hybridized carbons (Fsp3) is 1.00. The third kappa shape index (κ3) is 3.05. The maximum absolute atomic E-state index is 9.66. The van der Waals surface area contributed by atoms with Gasteiger partial charge in [-0.05, 0) is 0 Å². The van der Waals surface area contributed by atoms with E-state index < -0.39 is 36.4 Å². The molecule has 0 aromatic rings. The Hall–Kier alpha value is 0.150. The van der Waals surface area contributed by atoms with Gasteiger partial charge in [-0.3, -0.25) is 0 Å². The number of aliphatic hydroxyl groups excluding tert-OH is 4. The quantitative estimate of drug-likeness (QED) is 0.501. The number of hydrogen-bond acceptors (Lipinski definition) is 6. The van der Waals surface area contributed by atoms with Crippen LogP contribution in [0.25, 0.3) is 0 Å². The van der Waals surface area contributed by atoms with Gasteiger partial charge in [0.1, 0.15) is 29.9 Å². The van der Waals surface area contributed by atoms with Crippen molar-refractivity contribution in [3.63, 3.8) is 0 Å². The Bertz CT molecular complexity index is 226. The summed E-state index contributed by atoms with van der Waals surface area (Å²) in [5.74, 6) is 0. The van der Waals surface area contributed by atoms with Crippen molar-refractivity contribution in [1.29, 1.82) is 0 Å². The molecule has 0 amide bonds. The van der Waals surface area contributed by atoms with Crippen molar-refractivity contribution in [1.82, 2.24) is 0 Å². The standard InChI is InChI=1S/C9H18O5S/c1-4(2)15-9-8(13)7(12)6(11)5(3-10)14-9/h4-13H,3H2,1-2H3/t5-,6+,7+,8-,9?/m1/s1/i3D/t3?,5-,6+,7+,8-,9?. The van der Waals surface area contributed by atoms with Crippen molar-refractivity contribution in [3.8, 4) is 0 Å². The normalized spacial score (nSPS) is 45.3. The maximum atomic E-state index is 9.66. The molecule has 0 bridgehead atoms. The molecule has 0 aromatic carbocycles. The lowest BCUT2D eigenvalue weighted by Gasteiger charge is -2.40. The lowest BCUT2D eigenvalue weighted by molar-refractivity contribution is -0.205. The molecule has 5 nitrogen and oxygen atoms in total. The zero-order chi connectivity index (χ0) is 12.5. The summed E-state index contributed by atoms with van der Waals surface area (Å²) in [5.41, 5.74) is -0.747. The summed E-state index contributed by atoms with van der Waals surface area (Å²) in [4.78, 5) is 0. The molecule has 1 heterocycles. The van der Waals surface area contributed by atoms with Crippen LogP contribution in [0.4, 0.5) is 0 Å². The van der Waals surface area contributed by atoms with E-state index in [9.17, 15) is 15.3 Å². The van der Waals surface area contributed by atoms with Gasteiger partial charge in [0.2, 0.25) is 0 Å². The van der Waals surface area contributed by atoms with Gasteiger partial charge in [-0.25, -0.2) is 0 Å². The smallest absolute Gasteiger partial charge is 0.132 e. The van der Waals surface area contributed by atoms with Crippen molar-refractivity contribution in [2.24, 2.45) is 0 Å². The van der Waals surface area contributed by atoms with Gasteiger partial charge in [-0.2, -0.15) is 0 Å². The molecule has 6 atom stereocenters. The largest absolute Gasteiger partial charge is 0.394 e. The van der Waals surface area contributed by atoms with Gasteiger partial charge in [0, 0.05) is 5.25 Å². The van der Waals surface area contributed by atoms with Crippen LogP contribution in [-0.2, 0) is 4.74 Å². The molecule has 0 aliphatic carbocycles. The van der Waals surface area contributed by atoms with Gasteiger partial charge >= 0.3 is 0 Å². The van der Waals surface area contributed by atoms with Crippen LogP contribution in [0.5, 0.6) is 0 Å². The summed E-state index contributed by atoms with van der Waals surface area (Å²) in [6.45, 7) is 2.14. The average molecular weight is 239 g/mol. The molecule has 0 aromatic heterocycles. The number of thioether (sulfide) groups is 1. The van der Waals surface area contributed by atoms with E-state index in [2.05, 4.69) is 0 Å². The van der Waals surface area contributed by atoms with E-state index in [0.29, 0.717) is 0 Å². The minimum Gasteiger partial charge on any atom is -0.394 e. The van der Waals surface area contributed by atoms with Gasteiger partial charge in [-0.1, -0.05) is 13.8 Å². The first-order valence-electron chi connectivity index (χ1n) is 5.37.